The average Bonchev–Trinajstić information content (AvgIpc) is 2.61. The number of carboxylic acids is 1. The summed E-state index contributed by atoms with van der Waals surface area (Å²) in [6, 6.07) is 7.83. The smallest absolute Gasteiger partial charge is 0.317 e. The molecule has 0 radical (unpaired) electrons. The van der Waals surface area contributed by atoms with E-state index in [1.165, 1.54) is 0 Å². The van der Waals surface area contributed by atoms with E-state index in [4.69, 9.17) is 9.84 Å². The molecule has 7 heteroatoms. The average molecular weight is 363 g/mol. The second-order valence-electron chi connectivity index (χ2n) is 6.79. The fourth-order valence-electron chi connectivity index (χ4n) is 3.23. The van der Waals surface area contributed by atoms with Crippen LogP contribution in [0.3, 0.4) is 0 Å². The van der Waals surface area contributed by atoms with E-state index >= 15 is 0 Å². The number of rotatable bonds is 8. The number of ether oxygens (including phenoxy) is 1. The lowest BCUT2D eigenvalue weighted by Gasteiger charge is -2.43. The molecule has 1 saturated carbocycles. The number of likely N-dealkylation sites (N-methyl/N-ethyl adjacent to an activating group) is 1. The minimum absolute atomic E-state index is 0.0518. The number of hydrogen-bond acceptors (Lipinski definition) is 4. The minimum atomic E-state index is -0.813. The number of aliphatic carboxylic acids is 1. The van der Waals surface area contributed by atoms with Crippen LogP contribution in [0.4, 0.5) is 4.79 Å². The molecule has 1 atom stereocenters. The molecule has 1 aromatic carbocycles. The summed E-state index contributed by atoms with van der Waals surface area (Å²) in [6.07, 6.45) is 1.58. The third-order valence-corrected chi connectivity index (χ3v) is 5.20. The molecule has 1 aliphatic rings. The number of amides is 2. The molecule has 2 amide bonds. The van der Waals surface area contributed by atoms with Crippen LogP contribution in [-0.4, -0.2) is 66.2 Å². The second kappa shape index (κ2) is 8.89. The van der Waals surface area contributed by atoms with Crippen molar-refractivity contribution in [2.24, 2.45) is 0 Å². The molecule has 1 aliphatic carbocycles. The van der Waals surface area contributed by atoms with E-state index < -0.39 is 5.97 Å². The maximum atomic E-state index is 12.5. The van der Waals surface area contributed by atoms with E-state index in [-0.39, 0.29) is 30.7 Å². The third-order valence-electron chi connectivity index (χ3n) is 5.20. The van der Waals surface area contributed by atoms with E-state index in [0.29, 0.717) is 6.54 Å². The maximum absolute atomic E-state index is 12.5. The third kappa shape index (κ3) is 4.88. The summed E-state index contributed by atoms with van der Waals surface area (Å²) in [5.41, 5.74) is 1.04. The van der Waals surface area contributed by atoms with Crippen LogP contribution < -0.4 is 10.1 Å². The highest BCUT2D eigenvalue weighted by Gasteiger charge is 2.35. The van der Waals surface area contributed by atoms with Gasteiger partial charge in [0.1, 0.15) is 5.75 Å². The predicted octanol–water partition coefficient (Wildman–Crippen LogP) is 2.34. The number of carbonyl (C=O) groups excluding carboxylic acids is 1. The molecule has 2 rings (SSSR count). The van der Waals surface area contributed by atoms with Gasteiger partial charge in [-0.05, 0) is 44.0 Å². The summed E-state index contributed by atoms with van der Waals surface area (Å²) >= 11 is 0. The van der Waals surface area contributed by atoms with E-state index in [1.807, 2.05) is 43.0 Å². The van der Waals surface area contributed by atoms with E-state index in [1.54, 1.807) is 19.1 Å². The van der Waals surface area contributed by atoms with Crippen LogP contribution in [0.1, 0.15) is 38.3 Å². The van der Waals surface area contributed by atoms with Gasteiger partial charge in [-0.15, -0.1) is 0 Å². The van der Waals surface area contributed by atoms with Crippen LogP contribution in [0.25, 0.3) is 0 Å². The van der Waals surface area contributed by atoms with Crippen molar-refractivity contribution in [1.29, 1.82) is 0 Å². The lowest BCUT2D eigenvalue weighted by molar-refractivity contribution is -0.139. The Labute approximate surface area is 154 Å². The molecule has 0 bridgehead atoms. The first kappa shape index (κ1) is 20.0. The molecule has 7 nitrogen and oxygen atoms in total. The summed E-state index contributed by atoms with van der Waals surface area (Å²) in [5, 5.41) is 12.0. The number of hydrogen-bond donors (Lipinski definition) is 2. The SMILES string of the molecule is CCN(CC(=O)O)C1CC(NC(=O)N(C)C(C)c2ccc(OC)cc2)C1. The molecule has 0 heterocycles. The Morgan fingerprint density at radius 3 is 2.42 bits per heavy atom. The van der Waals surface area contributed by atoms with Crippen molar-refractivity contribution >= 4 is 12.0 Å². The fourth-order valence-corrected chi connectivity index (χ4v) is 3.23. The van der Waals surface area contributed by atoms with Gasteiger partial charge in [0.2, 0.25) is 0 Å². The standard InChI is InChI=1S/C19H29N3O4/c1-5-22(12-18(23)24)16-10-15(11-16)20-19(25)21(3)13(2)14-6-8-17(26-4)9-7-14/h6-9,13,15-16H,5,10-12H2,1-4H3,(H,20,25)(H,23,24). The lowest BCUT2D eigenvalue weighted by atomic mass is 9.85. The normalized spacial score (nSPS) is 20.2. The summed E-state index contributed by atoms with van der Waals surface area (Å²) in [6.45, 7) is 4.69. The molecule has 1 fully saturated rings. The monoisotopic (exact) mass is 363 g/mol. The van der Waals surface area contributed by atoms with Gasteiger partial charge in [0.15, 0.2) is 0 Å². The van der Waals surface area contributed by atoms with E-state index in [2.05, 4.69) is 5.32 Å². The van der Waals surface area contributed by atoms with Crippen molar-refractivity contribution < 1.29 is 19.4 Å². The zero-order valence-electron chi connectivity index (χ0n) is 15.9. The first-order valence-electron chi connectivity index (χ1n) is 8.98. The highest BCUT2D eigenvalue weighted by Crippen LogP contribution is 2.27. The molecule has 144 valence electrons. The van der Waals surface area contributed by atoms with Crippen LogP contribution in [0.15, 0.2) is 24.3 Å². The molecule has 0 aliphatic heterocycles. The van der Waals surface area contributed by atoms with Crippen LogP contribution in [0, 0.1) is 0 Å². The summed E-state index contributed by atoms with van der Waals surface area (Å²) < 4.78 is 5.16. The Hall–Kier alpha value is -2.28. The van der Waals surface area contributed by atoms with Gasteiger partial charge >= 0.3 is 12.0 Å². The minimum Gasteiger partial charge on any atom is -0.497 e. The Morgan fingerprint density at radius 1 is 1.31 bits per heavy atom. The molecule has 0 saturated heterocycles. The van der Waals surface area contributed by atoms with Gasteiger partial charge < -0.3 is 20.1 Å². The topological polar surface area (TPSA) is 82.1 Å². The fraction of sp³-hybridized carbons (Fsp3) is 0.579. The Bertz CT molecular complexity index is 614. The number of carbonyl (C=O) groups is 2. The van der Waals surface area contributed by atoms with Gasteiger partial charge in [-0.3, -0.25) is 9.69 Å². The molecular weight excluding hydrogens is 334 g/mol. The first-order valence-corrected chi connectivity index (χ1v) is 8.98. The zero-order valence-corrected chi connectivity index (χ0v) is 15.9. The van der Waals surface area contributed by atoms with Gasteiger partial charge in [-0.2, -0.15) is 0 Å². The van der Waals surface area contributed by atoms with Gasteiger partial charge in [-0.25, -0.2) is 4.79 Å². The molecule has 0 spiro atoms. The van der Waals surface area contributed by atoms with Crippen molar-refractivity contribution in [2.75, 3.05) is 27.2 Å². The first-order chi connectivity index (χ1) is 12.3. The van der Waals surface area contributed by atoms with Crippen LogP contribution in [0.5, 0.6) is 5.75 Å². The lowest BCUT2D eigenvalue weighted by Crippen LogP contribution is -2.56. The highest BCUT2D eigenvalue weighted by atomic mass is 16.5. The van der Waals surface area contributed by atoms with Gasteiger partial charge in [0.25, 0.3) is 0 Å². The number of nitrogens with one attached hydrogen (secondary N) is 1. The number of urea groups is 1. The van der Waals surface area contributed by atoms with Gasteiger partial charge in [-0.1, -0.05) is 19.1 Å². The Kier molecular flexibility index (Phi) is 6.85. The van der Waals surface area contributed by atoms with Gasteiger partial charge in [0, 0.05) is 19.1 Å². The molecule has 0 aromatic heterocycles. The highest BCUT2D eigenvalue weighted by molar-refractivity contribution is 5.75. The summed E-state index contributed by atoms with van der Waals surface area (Å²) in [4.78, 5) is 27.0. The van der Waals surface area contributed by atoms with Crippen molar-refractivity contribution in [1.82, 2.24) is 15.1 Å². The Morgan fingerprint density at radius 2 is 1.92 bits per heavy atom. The van der Waals surface area contributed by atoms with E-state index in [0.717, 1.165) is 24.2 Å². The second-order valence-corrected chi connectivity index (χ2v) is 6.79. The van der Waals surface area contributed by atoms with Crippen molar-refractivity contribution in [3.63, 3.8) is 0 Å². The van der Waals surface area contributed by atoms with Crippen LogP contribution >= 0.6 is 0 Å². The van der Waals surface area contributed by atoms with Crippen molar-refractivity contribution in [3.05, 3.63) is 29.8 Å². The van der Waals surface area contributed by atoms with E-state index in [9.17, 15) is 9.59 Å². The van der Waals surface area contributed by atoms with Crippen molar-refractivity contribution in [3.8, 4) is 5.75 Å². The molecule has 1 unspecified atom stereocenters. The number of methoxy groups -OCH3 is 1. The molecule has 26 heavy (non-hydrogen) atoms. The number of nitrogens with zero attached hydrogens (tertiary/aromatic N) is 2. The van der Waals surface area contributed by atoms with Gasteiger partial charge in [0.05, 0.1) is 19.7 Å². The molecular formula is C19H29N3O4. The quantitative estimate of drug-likeness (QED) is 0.741. The zero-order chi connectivity index (χ0) is 19.3. The predicted molar refractivity (Wildman–Crippen MR) is 99.4 cm³/mol. The summed E-state index contributed by atoms with van der Waals surface area (Å²) in [7, 11) is 3.41. The number of benzene rings is 1. The molecule has 2 N–H and O–H groups in total. The van der Waals surface area contributed by atoms with Crippen LogP contribution in [0.2, 0.25) is 0 Å². The largest absolute Gasteiger partial charge is 0.497 e. The van der Waals surface area contributed by atoms with Crippen molar-refractivity contribution in [2.45, 2.75) is 44.8 Å². The summed E-state index contributed by atoms with van der Waals surface area (Å²) in [5.74, 6) is -0.0252. The maximum Gasteiger partial charge on any atom is 0.317 e. The number of carboxylic acid groups (broad SMARTS) is 1. The Balaban J connectivity index is 1.83. The molecule has 1 aromatic rings. The van der Waals surface area contributed by atoms with Crippen LogP contribution in [-0.2, 0) is 4.79 Å².